The Kier molecular flexibility index (Phi) is 5.65. The van der Waals surface area contributed by atoms with Crippen LogP contribution in [0.15, 0.2) is 56.7 Å². The van der Waals surface area contributed by atoms with Gasteiger partial charge in [-0.3, -0.25) is 9.36 Å². The lowest BCUT2D eigenvalue weighted by Gasteiger charge is -2.15. The van der Waals surface area contributed by atoms with Crippen LogP contribution in [-0.2, 0) is 23.1 Å². The number of aromatic nitrogens is 3. The Hall–Kier alpha value is -3.02. The molecule has 4 aromatic rings. The SMILES string of the molecule is CCn1c(=O)sc2cc(S(=O)(=O)N(C)Cc3nc(-c4ccc(OC)cc4)no3)ccc21. The van der Waals surface area contributed by atoms with Gasteiger partial charge < -0.3 is 9.26 Å². The molecule has 0 radical (unpaired) electrons. The molecule has 0 spiro atoms. The van der Waals surface area contributed by atoms with Crippen molar-refractivity contribution in [3.63, 3.8) is 0 Å². The summed E-state index contributed by atoms with van der Waals surface area (Å²) in [5.74, 6) is 1.23. The lowest BCUT2D eigenvalue weighted by atomic mass is 10.2. The van der Waals surface area contributed by atoms with Crippen LogP contribution < -0.4 is 9.61 Å². The molecule has 0 aliphatic rings. The van der Waals surface area contributed by atoms with E-state index in [0.29, 0.717) is 22.8 Å². The Morgan fingerprint density at radius 1 is 1.19 bits per heavy atom. The Labute approximate surface area is 182 Å². The first kappa shape index (κ1) is 21.2. The second-order valence-corrected chi connectivity index (χ2v) is 9.78. The predicted molar refractivity (Wildman–Crippen MR) is 117 cm³/mol. The van der Waals surface area contributed by atoms with E-state index in [1.807, 2.05) is 6.92 Å². The topological polar surface area (TPSA) is 108 Å². The largest absolute Gasteiger partial charge is 0.497 e. The molecule has 0 fully saturated rings. The zero-order valence-corrected chi connectivity index (χ0v) is 18.7. The summed E-state index contributed by atoms with van der Waals surface area (Å²) in [5, 5.41) is 3.93. The van der Waals surface area contributed by atoms with Crippen LogP contribution >= 0.6 is 11.3 Å². The highest BCUT2D eigenvalue weighted by Crippen LogP contribution is 2.25. The average molecular weight is 461 g/mol. The van der Waals surface area contributed by atoms with Crippen LogP contribution in [0.25, 0.3) is 21.6 Å². The zero-order valence-electron chi connectivity index (χ0n) is 17.1. The number of ether oxygens (including phenoxy) is 1. The monoisotopic (exact) mass is 460 g/mol. The summed E-state index contributed by atoms with van der Waals surface area (Å²) in [7, 11) is -0.800. The van der Waals surface area contributed by atoms with Crippen molar-refractivity contribution in [1.29, 1.82) is 0 Å². The van der Waals surface area contributed by atoms with Gasteiger partial charge in [0, 0.05) is 19.2 Å². The van der Waals surface area contributed by atoms with Crippen molar-refractivity contribution in [2.75, 3.05) is 14.2 Å². The Morgan fingerprint density at radius 2 is 1.94 bits per heavy atom. The van der Waals surface area contributed by atoms with E-state index in [4.69, 9.17) is 9.26 Å². The van der Waals surface area contributed by atoms with E-state index in [-0.39, 0.29) is 22.2 Å². The number of aryl methyl sites for hydroxylation is 1. The van der Waals surface area contributed by atoms with Gasteiger partial charge >= 0.3 is 4.87 Å². The number of sulfonamides is 1. The molecule has 0 atom stereocenters. The molecule has 31 heavy (non-hydrogen) atoms. The van der Waals surface area contributed by atoms with Gasteiger partial charge in [0.25, 0.3) is 0 Å². The summed E-state index contributed by atoms with van der Waals surface area (Å²) < 4.78 is 39.8. The molecule has 0 unspecified atom stereocenters. The summed E-state index contributed by atoms with van der Waals surface area (Å²) in [6.07, 6.45) is 0. The lowest BCUT2D eigenvalue weighted by Crippen LogP contribution is -2.26. The zero-order chi connectivity index (χ0) is 22.2. The fourth-order valence-corrected chi connectivity index (χ4v) is 5.35. The maximum absolute atomic E-state index is 13.0. The predicted octanol–water partition coefficient (Wildman–Crippen LogP) is 2.96. The van der Waals surface area contributed by atoms with Crippen LogP contribution in [0.1, 0.15) is 12.8 Å². The fourth-order valence-electron chi connectivity index (χ4n) is 3.14. The summed E-state index contributed by atoms with van der Waals surface area (Å²) in [6.45, 7) is 2.31. The highest BCUT2D eigenvalue weighted by molar-refractivity contribution is 7.89. The van der Waals surface area contributed by atoms with Gasteiger partial charge in [-0.15, -0.1) is 0 Å². The molecular weight excluding hydrogens is 440 g/mol. The average Bonchev–Trinajstić information content (AvgIpc) is 3.36. The number of fused-ring (bicyclic) bond motifs is 1. The smallest absolute Gasteiger partial charge is 0.308 e. The number of rotatable bonds is 7. The summed E-state index contributed by atoms with van der Waals surface area (Å²) in [5.41, 5.74) is 1.45. The van der Waals surface area contributed by atoms with Crippen LogP contribution in [-0.4, -0.2) is 41.6 Å². The number of hydrogen-bond donors (Lipinski definition) is 0. The third-order valence-corrected chi connectivity index (χ3v) is 7.58. The molecule has 4 rings (SSSR count). The number of nitrogens with zero attached hydrogens (tertiary/aromatic N) is 4. The molecule has 0 aliphatic carbocycles. The molecule has 162 valence electrons. The van der Waals surface area contributed by atoms with Crippen LogP contribution in [0.2, 0.25) is 0 Å². The molecule has 0 N–H and O–H groups in total. The van der Waals surface area contributed by atoms with Crippen molar-refractivity contribution >= 4 is 31.6 Å². The number of methoxy groups -OCH3 is 1. The number of thiazole rings is 1. The van der Waals surface area contributed by atoms with Gasteiger partial charge in [0.2, 0.25) is 21.7 Å². The van der Waals surface area contributed by atoms with Crippen LogP contribution in [0.5, 0.6) is 5.75 Å². The van der Waals surface area contributed by atoms with Crippen molar-refractivity contribution < 1.29 is 17.7 Å². The standard InChI is InChI=1S/C20H20N4O5S2/c1-4-24-16-10-9-15(11-17(16)30-20(24)25)31(26,27)23(2)12-18-21-19(22-29-18)13-5-7-14(28-3)8-6-13/h5-11H,4,12H2,1-3H3. The van der Waals surface area contributed by atoms with Crippen molar-refractivity contribution in [2.45, 2.75) is 24.9 Å². The summed E-state index contributed by atoms with van der Waals surface area (Å²) in [4.78, 5) is 16.3. The number of benzene rings is 2. The Balaban J connectivity index is 1.56. The number of hydrogen-bond acceptors (Lipinski definition) is 8. The van der Waals surface area contributed by atoms with E-state index in [1.165, 1.54) is 19.2 Å². The van der Waals surface area contributed by atoms with Gasteiger partial charge in [0.15, 0.2) is 0 Å². The first-order valence-electron chi connectivity index (χ1n) is 9.40. The normalized spacial score (nSPS) is 12.0. The molecule has 2 aromatic heterocycles. The minimum Gasteiger partial charge on any atom is -0.497 e. The summed E-state index contributed by atoms with van der Waals surface area (Å²) >= 11 is 1.03. The Morgan fingerprint density at radius 3 is 2.61 bits per heavy atom. The van der Waals surface area contributed by atoms with Crippen LogP contribution in [0, 0.1) is 0 Å². The molecule has 0 aliphatic heterocycles. The van der Waals surface area contributed by atoms with Gasteiger partial charge in [-0.1, -0.05) is 16.5 Å². The minimum absolute atomic E-state index is 0.0876. The molecule has 9 nitrogen and oxygen atoms in total. The lowest BCUT2D eigenvalue weighted by molar-refractivity contribution is 0.337. The van der Waals surface area contributed by atoms with Crippen LogP contribution in [0.4, 0.5) is 0 Å². The molecule has 11 heteroatoms. The Bertz CT molecular complexity index is 1390. The second kappa shape index (κ2) is 8.25. The van der Waals surface area contributed by atoms with Crippen molar-refractivity contribution in [1.82, 2.24) is 19.0 Å². The summed E-state index contributed by atoms with van der Waals surface area (Å²) in [6, 6.07) is 11.8. The molecule has 0 amide bonds. The van der Waals surface area contributed by atoms with E-state index >= 15 is 0 Å². The van der Waals surface area contributed by atoms with Gasteiger partial charge in [-0.05, 0) is 49.4 Å². The first-order valence-corrected chi connectivity index (χ1v) is 11.7. The van der Waals surface area contributed by atoms with Crippen molar-refractivity contribution in [3.05, 3.63) is 58.0 Å². The second-order valence-electron chi connectivity index (χ2n) is 6.74. The maximum atomic E-state index is 13.0. The third-order valence-electron chi connectivity index (χ3n) is 4.84. The fraction of sp³-hybridized carbons (Fsp3) is 0.250. The van der Waals surface area contributed by atoms with Gasteiger partial charge in [-0.25, -0.2) is 8.42 Å². The van der Waals surface area contributed by atoms with Crippen molar-refractivity contribution in [2.24, 2.45) is 0 Å². The van der Waals surface area contributed by atoms with E-state index in [2.05, 4.69) is 10.1 Å². The molecular formula is C20H20N4O5S2. The molecule has 0 saturated carbocycles. The van der Waals surface area contributed by atoms with Gasteiger partial charge in [0.05, 0.1) is 28.8 Å². The van der Waals surface area contributed by atoms with E-state index in [9.17, 15) is 13.2 Å². The van der Waals surface area contributed by atoms with Gasteiger partial charge in [-0.2, -0.15) is 9.29 Å². The molecule has 2 heterocycles. The highest BCUT2D eigenvalue weighted by Gasteiger charge is 2.24. The molecule has 2 aromatic carbocycles. The molecule has 0 saturated heterocycles. The van der Waals surface area contributed by atoms with E-state index in [1.54, 1.807) is 42.0 Å². The quantitative estimate of drug-likeness (QED) is 0.417. The maximum Gasteiger partial charge on any atom is 0.308 e. The van der Waals surface area contributed by atoms with Crippen LogP contribution in [0.3, 0.4) is 0 Å². The third kappa shape index (κ3) is 3.99. The van der Waals surface area contributed by atoms with E-state index in [0.717, 1.165) is 26.7 Å². The minimum atomic E-state index is -3.82. The highest BCUT2D eigenvalue weighted by atomic mass is 32.2. The molecule has 0 bridgehead atoms. The van der Waals surface area contributed by atoms with Gasteiger partial charge in [0.1, 0.15) is 5.75 Å². The van der Waals surface area contributed by atoms with Crippen molar-refractivity contribution in [3.8, 4) is 17.1 Å². The van der Waals surface area contributed by atoms with E-state index < -0.39 is 10.0 Å². The first-order chi connectivity index (χ1) is 14.8.